The second-order valence-corrected chi connectivity index (χ2v) is 6.21. The lowest BCUT2D eigenvalue weighted by Crippen LogP contribution is -2.17. The Kier molecular flexibility index (Phi) is 4.72. The predicted molar refractivity (Wildman–Crippen MR) is 73.9 cm³/mol. The number of hydrogen-bond donors (Lipinski definition) is 0. The van der Waals surface area contributed by atoms with Gasteiger partial charge in [-0.25, -0.2) is 0 Å². The minimum atomic E-state index is 0.268. The monoisotopic (exact) mass is 286 g/mol. The van der Waals surface area contributed by atoms with E-state index < -0.39 is 0 Å². The number of rotatable bonds is 4. The lowest BCUT2D eigenvalue weighted by atomic mass is 9.81. The third kappa shape index (κ3) is 3.25. The van der Waals surface area contributed by atoms with E-state index in [1.165, 1.54) is 27.8 Å². The molecule has 0 aliphatic rings. The molecule has 1 aromatic carbocycles. The van der Waals surface area contributed by atoms with Crippen molar-refractivity contribution in [3.05, 3.63) is 28.2 Å². The average molecular weight is 287 g/mol. The first kappa shape index (κ1) is 13.1. The second kappa shape index (κ2) is 5.40. The molecule has 0 unspecified atom stereocenters. The number of benzene rings is 1. The fourth-order valence-corrected chi connectivity index (χ4v) is 3.44. The maximum absolute atomic E-state index is 3.68. The molecule has 2 heteroatoms. The van der Waals surface area contributed by atoms with E-state index in [0.717, 1.165) is 0 Å². The molecule has 1 rings (SSSR count). The molecule has 0 amide bonds. The highest BCUT2D eigenvalue weighted by molar-refractivity contribution is 9.10. The molecule has 0 aliphatic carbocycles. The summed E-state index contributed by atoms with van der Waals surface area (Å²) in [5.74, 6) is 0. The number of thioether (sulfide) groups is 1. The van der Waals surface area contributed by atoms with Gasteiger partial charge in [-0.1, -0.05) is 49.2 Å². The molecule has 0 radical (unpaired) electrons. The van der Waals surface area contributed by atoms with Crippen molar-refractivity contribution in [3.63, 3.8) is 0 Å². The summed E-state index contributed by atoms with van der Waals surface area (Å²) >= 11 is 5.47. The molecule has 0 heterocycles. The first-order valence-electron chi connectivity index (χ1n) is 5.35. The van der Waals surface area contributed by atoms with E-state index in [2.05, 4.69) is 61.2 Å². The summed E-state index contributed by atoms with van der Waals surface area (Å²) in [5.41, 5.74) is 1.69. The van der Waals surface area contributed by atoms with Crippen LogP contribution in [0.3, 0.4) is 0 Å². The van der Waals surface area contributed by atoms with Crippen LogP contribution in [0.5, 0.6) is 0 Å². The average Bonchev–Trinajstić information content (AvgIpc) is 2.17. The topological polar surface area (TPSA) is 0 Å². The Labute approximate surface area is 106 Å². The summed E-state index contributed by atoms with van der Waals surface area (Å²) in [4.78, 5) is 1.32. The van der Waals surface area contributed by atoms with E-state index in [9.17, 15) is 0 Å². The Bertz CT molecular complexity index is 331. The van der Waals surface area contributed by atoms with Crippen molar-refractivity contribution in [1.82, 2.24) is 0 Å². The Morgan fingerprint density at radius 1 is 1.33 bits per heavy atom. The summed E-state index contributed by atoms with van der Waals surface area (Å²) in [6.07, 6.45) is 4.56. The fraction of sp³-hybridized carbons (Fsp3) is 0.538. The van der Waals surface area contributed by atoms with Gasteiger partial charge in [0.15, 0.2) is 0 Å². The van der Waals surface area contributed by atoms with E-state index in [0.29, 0.717) is 0 Å². The highest BCUT2D eigenvalue weighted by Crippen LogP contribution is 2.35. The van der Waals surface area contributed by atoms with Crippen molar-refractivity contribution in [2.24, 2.45) is 0 Å². The lowest BCUT2D eigenvalue weighted by Gasteiger charge is -2.26. The maximum Gasteiger partial charge on any atom is 0.0223 e. The van der Waals surface area contributed by atoms with Crippen molar-refractivity contribution in [3.8, 4) is 0 Å². The van der Waals surface area contributed by atoms with Crippen LogP contribution in [-0.4, -0.2) is 6.26 Å². The van der Waals surface area contributed by atoms with Gasteiger partial charge in [0.2, 0.25) is 0 Å². The van der Waals surface area contributed by atoms with Crippen molar-refractivity contribution in [2.45, 2.75) is 43.9 Å². The van der Waals surface area contributed by atoms with Crippen LogP contribution in [0.15, 0.2) is 27.6 Å². The van der Waals surface area contributed by atoms with Gasteiger partial charge >= 0.3 is 0 Å². The summed E-state index contributed by atoms with van der Waals surface area (Å²) in [5, 5.41) is 0. The zero-order chi connectivity index (χ0) is 11.5. The Balaban J connectivity index is 3.04. The van der Waals surface area contributed by atoms with Crippen LogP contribution in [0.1, 0.15) is 39.2 Å². The first-order chi connectivity index (χ1) is 7.01. The van der Waals surface area contributed by atoms with Crippen LogP contribution < -0.4 is 0 Å². The molecule has 1 aromatic rings. The van der Waals surface area contributed by atoms with E-state index in [1.807, 2.05) is 0 Å². The van der Waals surface area contributed by atoms with Gasteiger partial charge in [0.25, 0.3) is 0 Å². The van der Waals surface area contributed by atoms with Gasteiger partial charge in [0, 0.05) is 9.37 Å². The number of halogens is 1. The fourth-order valence-electron chi connectivity index (χ4n) is 1.93. The Hall–Kier alpha value is 0.0500. The van der Waals surface area contributed by atoms with E-state index in [4.69, 9.17) is 0 Å². The molecule has 0 saturated heterocycles. The van der Waals surface area contributed by atoms with Gasteiger partial charge in [-0.05, 0) is 35.8 Å². The Morgan fingerprint density at radius 2 is 2.00 bits per heavy atom. The molecule has 84 valence electrons. The molecular weight excluding hydrogens is 268 g/mol. The largest absolute Gasteiger partial charge is 0.130 e. The Morgan fingerprint density at radius 3 is 2.47 bits per heavy atom. The molecule has 0 nitrogen and oxygen atoms in total. The van der Waals surface area contributed by atoms with Crippen LogP contribution in [0, 0.1) is 0 Å². The molecule has 0 saturated carbocycles. The minimum absolute atomic E-state index is 0.268. The zero-order valence-corrected chi connectivity index (χ0v) is 12.3. The van der Waals surface area contributed by atoms with Gasteiger partial charge < -0.3 is 0 Å². The molecule has 0 N–H and O–H groups in total. The summed E-state index contributed by atoms with van der Waals surface area (Å²) in [6, 6.07) is 6.69. The second-order valence-electron chi connectivity index (χ2n) is 4.48. The normalized spacial score (nSPS) is 11.8. The first-order valence-corrected chi connectivity index (χ1v) is 7.37. The van der Waals surface area contributed by atoms with Crippen molar-refractivity contribution >= 4 is 27.7 Å². The molecular formula is C13H19BrS. The SMILES string of the molecule is CCCC(C)(C)c1ccc(SC)cc1Br. The minimum Gasteiger partial charge on any atom is -0.130 e. The van der Waals surface area contributed by atoms with Crippen LogP contribution >= 0.6 is 27.7 Å². The smallest absolute Gasteiger partial charge is 0.0223 e. The van der Waals surface area contributed by atoms with Gasteiger partial charge in [-0.2, -0.15) is 0 Å². The van der Waals surface area contributed by atoms with E-state index in [-0.39, 0.29) is 5.41 Å². The highest BCUT2D eigenvalue weighted by Gasteiger charge is 2.21. The molecule has 0 atom stereocenters. The summed E-state index contributed by atoms with van der Waals surface area (Å²) in [7, 11) is 0. The molecule has 0 aliphatic heterocycles. The van der Waals surface area contributed by atoms with Crippen LogP contribution in [0.4, 0.5) is 0 Å². The predicted octanol–water partition coefficient (Wildman–Crippen LogP) is 5.25. The molecule has 15 heavy (non-hydrogen) atoms. The third-order valence-electron chi connectivity index (χ3n) is 2.78. The molecule has 0 fully saturated rings. The quantitative estimate of drug-likeness (QED) is 0.682. The maximum atomic E-state index is 3.68. The molecule has 0 aromatic heterocycles. The number of hydrogen-bond acceptors (Lipinski definition) is 1. The van der Waals surface area contributed by atoms with E-state index >= 15 is 0 Å². The van der Waals surface area contributed by atoms with Crippen molar-refractivity contribution in [1.29, 1.82) is 0 Å². The lowest BCUT2D eigenvalue weighted by molar-refractivity contribution is 0.471. The van der Waals surface area contributed by atoms with Gasteiger partial charge in [-0.3, -0.25) is 0 Å². The van der Waals surface area contributed by atoms with Gasteiger partial charge in [0.1, 0.15) is 0 Å². The van der Waals surface area contributed by atoms with Crippen LogP contribution in [0.2, 0.25) is 0 Å². The van der Waals surface area contributed by atoms with Crippen LogP contribution in [0.25, 0.3) is 0 Å². The van der Waals surface area contributed by atoms with Crippen molar-refractivity contribution < 1.29 is 0 Å². The summed E-state index contributed by atoms with van der Waals surface area (Å²) < 4.78 is 1.24. The summed E-state index contributed by atoms with van der Waals surface area (Å²) in [6.45, 7) is 6.87. The highest BCUT2D eigenvalue weighted by atomic mass is 79.9. The van der Waals surface area contributed by atoms with Gasteiger partial charge in [0.05, 0.1) is 0 Å². The van der Waals surface area contributed by atoms with Crippen molar-refractivity contribution in [2.75, 3.05) is 6.26 Å². The zero-order valence-electron chi connectivity index (χ0n) is 9.93. The standard InChI is InChI=1S/C13H19BrS/c1-5-8-13(2,3)11-7-6-10(15-4)9-12(11)14/h6-7,9H,5,8H2,1-4H3. The third-order valence-corrected chi connectivity index (χ3v) is 4.16. The molecule has 0 spiro atoms. The van der Waals surface area contributed by atoms with Gasteiger partial charge in [-0.15, -0.1) is 11.8 Å². The molecule has 0 bridgehead atoms. The van der Waals surface area contributed by atoms with Crippen LogP contribution in [-0.2, 0) is 5.41 Å². The van der Waals surface area contributed by atoms with E-state index in [1.54, 1.807) is 11.8 Å².